The molecule has 3 aromatic rings. The minimum atomic E-state index is 0.233. The van der Waals surface area contributed by atoms with Crippen molar-refractivity contribution >= 4 is 0 Å². The second-order valence-electron chi connectivity index (χ2n) is 5.48. The second kappa shape index (κ2) is 6.87. The van der Waals surface area contributed by atoms with Crippen LogP contribution in [0.5, 0.6) is 11.5 Å². The molecular weight excluding hydrogens is 308 g/mol. The van der Waals surface area contributed by atoms with Gasteiger partial charge in [0.05, 0.1) is 0 Å². The molecule has 0 fully saturated rings. The van der Waals surface area contributed by atoms with Crippen LogP contribution in [-0.2, 0) is 0 Å². The molecule has 0 bridgehead atoms. The Morgan fingerprint density at radius 3 is 1.44 bits per heavy atom. The third kappa shape index (κ3) is 3.50. The molecule has 0 saturated carbocycles. The first kappa shape index (κ1) is 14.9. The van der Waals surface area contributed by atoms with Gasteiger partial charge in [0, 0.05) is 34.4 Å². The Morgan fingerprint density at radius 1 is 0.560 bits per heavy atom. The van der Waals surface area contributed by atoms with Crippen LogP contribution in [0.25, 0.3) is 0 Å². The maximum absolute atomic E-state index is 5.47. The fraction of sp³-hybridized carbons (Fsp3) is 0.0435. The summed E-state index contributed by atoms with van der Waals surface area (Å²) in [6.07, 6.45) is 0. The van der Waals surface area contributed by atoms with Gasteiger partial charge in [0.25, 0.3) is 0 Å². The predicted molar refractivity (Wildman–Crippen MR) is 97.4 cm³/mol. The van der Waals surface area contributed by atoms with Crippen LogP contribution >= 0.6 is 0 Å². The normalized spacial score (nSPS) is 11.0. The predicted octanol–water partition coefficient (Wildman–Crippen LogP) is 4.21. The molecule has 2 heteroatoms. The highest BCUT2D eigenvalue weighted by atomic mass is 16.7. The molecule has 2 nitrogen and oxygen atoms in total. The van der Waals surface area contributed by atoms with Gasteiger partial charge in [-0.1, -0.05) is 60.1 Å². The summed E-state index contributed by atoms with van der Waals surface area (Å²) in [5, 5.41) is 0. The molecule has 4 rings (SSSR count). The molecule has 1 heterocycles. The van der Waals surface area contributed by atoms with E-state index in [9.17, 15) is 0 Å². The zero-order chi connectivity index (χ0) is 16.9. The van der Waals surface area contributed by atoms with Gasteiger partial charge in [-0.15, -0.1) is 0 Å². The topological polar surface area (TPSA) is 18.5 Å². The van der Waals surface area contributed by atoms with Crippen molar-refractivity contribution in [3.8, 4) is 35.2 Å². The van der Waals surface area contributed by atoms with Crippen molar-refractivity contribution in [2.24, 2.45) is 0 Å². The van der Waals surface area contributed by atoms with E-state index in [0.717, 1.165) is 22.3 Å². The van der Waals surface area contributed by atoms with Gasteiger partial charge in [0.15, 0.2) is 11.5 Å². The Morgan fingerprint density at radius 2 is 1.00 bits per heavy atom. The maximum Gasteiger partial charge on any atom is 0.231 e. The fourth-order valence-electron chi connectivity index (χ4n) is 2.47. The van der Waals surface area contributed by atoms with Crippen molar-refractivity contribution in [2.75, 3.05) is 6.79 Å². The van der Waals surface area contributed by atoms with Crippen molar-refractivity contribution in [2.45, 2.75) is 0 Å². The number of benzene rings is 3. The highest BCUT2D eigenvalue weighted by Crippen LogP contribution is 2.34. The lowest BCUT2D eigenvalue weighted by Crippen LogP contribution is -1.92. The first-order chi connectivity index (χ1) is 12.4. The molecule has 0 atom stereocenters. The number of ether oxygens (including phenoxy) is 2. The van der Waals surface area contributed by atoms with Gasteiger partial charge in [0.1, 0.15) is 0 Å². The van der Waals surface area contributed by atoms with Gasteiger partial charge in [0.2, 0.25) is 6.79 Å². The number of rotatable bonds is 0. The van der Waals surface area contributed by atoms with E-state index in [1.807, 2.05) is 72.8 Å². The smallest absolute Gasteiger partial charge is 0.231 e. The van der Waals surface area contributed by atoms with Crippen LogP contribution in [0.15, 0.2) is 72.8 Å². The van der Waals surface area contributed by atoms with Crippen LogP contribution in [0.4, 0.5) is 0 Å². The molecule has 0 spiro atoms. The number of fused-ring (bicyclic) bond motifs is 1. The molecule has 0 aliphatic carbocycles. The Hall–Kier alpha value is -3.62. The third-order valence-corrected chi connectivity index (χ3v) is 3.74. The summed E-state index contributed by atoms with van der Waals surface area (Å²) in [7, 11) is 0. The van der Waals surface area contributed by atoms with E-state index >= 15 is 0 Å². The SMILES string of the molecule is C(#Cc1cc2c(cc1C#Cc1ccccc1)OCO2)c1ccccc1. The zero-order valence-electron chi connectivity index (χ0n) is 13.5. The van der Waals surface area contributed by atoms with E-state index < -0.39 is 0 Å². The lowest BCUT2D eigenvalue weighted by Gasteiger charge is -2.01. The van der Waals surface area contributed by atoms with Gasteiger partial charge in [-0.05, 0) is 24.3 Å². The molecule has 0 saturated heterocycles. The van der Waals surface area contributed by atoms with Crippen molar-refractivity contribution in [1.29, 1.82) is 0 Å². The van der Waals surface area contributed by atoms with Gasteiger partial charge < -0.3 is 9.47 Å². The third-order valence-electron chi connectivity index (χ3n) is 3.74. The molecule has 0 amide bonds. The molecule has 0 radical (unpaired) electrons. The van der Waals surface area contributed by atoms with E-state index in [0.29, 0.717) is 11.5 Å². The summed E-state index contributed by atoms with van der Waals surface area (Å²) in [6.45, 7) is 0.233. The number of hydrogen-bond donors (Lipinski definition) is 0. The van der Waals surface area contributed by atoms with Crippen LogP contribution in [0, 0.1) is 23.7 Å². The monoisotopic (exact) mass is 322 g/mol. The lowest BCUT2D eigenvalue weighted by atomic mass is 10.1. The van der Waals surface area contributed by atoms with Crippen LogP contribution in [0.1, 0.15) is 22.3 Å². The summed E-state index contributed by atoms with van der Waals surface area (Å²) in [5.41, 5.74) is 3.58. The Kier molecular flexibility index (Phi) is 4.11. The van der Waals surface area contributed by atoms with Crippen LogP contribution in [0.2, 0.25) is 0 Å². The van der Waals surface area contributed by atoms with Crippen LogP contribution in [0.3, 0.4) is 0 Å². The van der Waals surface area contributed by atoms with Crippen molar-refractivity contribution in [1.82, 2.24) is 0 Å². The van der Waals surface area contributed by atoms with Gasteiger partial charge in [-0.25, -0.2) is 0 Å². The van der Waals surface area contributed by atoms with Crippen LogP contribution in [-0.4, -0.2) is 6.79 Å². The largest absolute Gasteiger partial charge is 0.454 e. The van der Waals surface area contributed by atoms with Crippen molar-refractivity contribution in [3.05, 3.63) is 95.1 Å². The van der Waals surface area contributed by atoms with Crippen molar-refractivity contribution in [3.63, 3.8) is 0 Å². The first-order valence-electron chi connectivity index (χ1n) is 7.96. The lowest BCUT2D eigenvalue weighted by molar-refractivity contribution is 0.174. The Bertz CT molecular complexity index is 929. The molecule has 3 aromatic carbocycles. The molecule has 0 unspecified atom stereocenters. The summed E-state index contributed by atoms with van der Waals surface area (Å²) < 4.78 is 10.9. The molecule has 118 valence electrons. The van der Waals surface area contributed by atoms with Crippen molar-refractivity contribution < 1.29 is 9.47 Å². The number of hydrogen-bond acceptors (Lipinski definition) is 2. The average Bonchev–Trinajstić information content (AvgIpc) is 3.13. The van der Waals surface area contributed by atoms with E-state index in [-0.39, 0.29) is 6.79 Å². The highest BCUT2D eigenvalue weighted by Gasteiger charge is 2.15. The van der Waals surface area contributed by atoms with E-state index in [4.69, 9.17) is 9.47 Å². The summed E-state index contributed by atoms with van der Waals surface area (Å²) in [4.78, 5) is 0. The van der Waals surface area contributed by atoms with E-state index in [2.05, 4.69) is 23.7 Å². The summed E-state index contributed by atoms with van der Waals surface area (Å²) in [6, 6.07) is 23.6. The standard InChI is InChI=1S/C23H14O2/c1-3-7-18(8-4-1)11-13-20-15-22-23(25-17-24-22)16-21(20)14-12-19-9-5-2-6-10-19/h1-10,15-16H,17H2. The van der Waals surface area contributed by atoms with Gasteiger partial charge >= 0.3 is 0 Å². The molecule has 1 aliphatic heterocycles. The highest BCUT2D eigenvalue weighted by molar-refractivity contribution is 5.61. The molecule has 0 N–H and O–H groups in total. The molecule has 1 aliphatic rings. The summed E-state index contributed by atoms with van der Waals surface area (Å²) >= 11 is 0. The van der Waals surface area contributed by atoms with E-state index in [1.165, 1.54) is 0 Å². The molecular formula is C23H14O2. The van der Waals surface area contributed by atoms with E-state index in [1.54, 1.807) is 0 Å². The summed E-state index contributed by atoms with van der Waals surface area (Å²) in [5.74, 6) is 14.2. The quantitative estimate of drug-likeness (QED) is 0.577. The Balaban J connectivity index is 1.75. The first-order valence-corrected chi connectivity index (χ1v) is 7.96. The van der Waals surface area contributed by atoms with Gasteiger partial charge in [-0.3, -0.25) is 0 Å². The fourth-order valence-corrected chi connectivity index (χ4v) is 2.47. The Labute approximate surface area is 147 Å². The maximum atomic E-state index is 5.47. The minimum absolute atomic E-state index is 0.233. The minimum Gasteiger partial charge on any atom is -0.454 e. The zero-order valence-corrected chi connectivity index (χ0v) is 13.5. The molecule has 25 heavy (non-hydrogen) atoms. The second-order valence-corrected chi connectivity index (χ2v) is 5.48. The van der Waals surface area contributed by atoms with Crippen LogP contribution < -0.4 is 9.47 Å². The molecule has 0 aromatic heterocycles. The van der Waals surface area contributed by atoms with Gasteiger partial charge in [-0.2, -0.15) is 0 Å². The average molecular weight is 322 g/mol.